The molecular weight excluding hydrogens is 425 g/mol. The molecule has 0 unspecified atom stereocenters. The Morgan fingerprint density at radius 1 is 0.818 bits per heavy atom. The second-order valence-electron chi connectivity index (χ2n) is 4.26. The first-order valence-corrected chi connectivity index (χ1v) is 6.87. The molecule has 0 aliphatic heterocycles. The summed E-state index contributed by atoms with van der Waals surface area (Å²) in [5.41, 5.74) is -0.169. The van der Waals surface area contributed by atoms with E-state index in [-0.39, 0.29) is 5.56 Å². The number of hydrogen-bond acceptors (Lipinski definition) is 1. The summed E-state index contributed by atoms with van der Waals surface area (Å²) in [4.78, 5) is 0. The third-order valence-corrected chi connectivity index (χ3v) is 3.63. The number of ether oxygens (including phenoxy) is 1. The molecule has 0 saturated heterocycles. The predicted molar refractivity (Wildman–Crippen MR) is 76.3 cm³/mol. The van der Waals surface area contributed by atoms with Gasteiger partial charge in [0, 0.05) is 3.57 Å². The van der Waals surface area contributed by atoms with Crippen molar-refractivity contribution >= 4 is 22.6 Å². The van der Waals surface area contributed by atoms with Crippen LogP contribution in [-0.4, -0.2) is 6.36 Å². The molecule has 0 radical (unpaired) electrons. The maximum absolute atomic E-state index is 12.7. The van der Waals surface area contributed by atoms with Gasteiger partial charge < -0.3 is 4.74 Å². The molecule has 2 aromatic carbocycles. The van der Waals surface area contributed by atoms with Crippen molar-refractivity contribution in [3.8, 4) is 16.9 Å². The highest BCUT2D eigenvalue weighted by Crippen LogP contribution is 2.35. The molecule has 0 fully saturated rings. The van der Waals surface area contributed by atoms with Crippen LogP contribution in [0.1, 0.15) is 5.56 Å². The molecular formula is C14H7F6IO. The highest BCUT2D eigenvalue weighted by atomic mass is 127. The molecule has 0 heterocycles. The second kappa shape index (κ2) is 5.98. The van der Waals surface area contributed by atoms with E-state index < -0.39 is 23.9 Å². The van der Waals surface area contributed by atoms with E-state index >= 15 is 0 Å². The number of hydrogen-bond donors (Lipinski definition) is 0. The summed E-state index contributed by atoms with van der Waals surface area (Å²) < 4.78 is 78.6. The van der Waals surface area contributed by atoms with Gasteiger partial charge in [-0.25, -0.2) is 0 Å². The molecule has 8 heteroatoms. The van der Waals surface area contributed by atoms with Gasteiger partial charge in [0.1, 0.15) is 5.75 Å². The summed E-state index contributed by atoms with van der Waals surface area (Å²) in [6.07, 6.45) is -9.30. The Morgan fingerprint density at radius 3 is 1.91 bits per heavy atom. The van der Waals surface area contributed by atoms with E-state index in [2.05, 4.69) is 4.74 Å². The van der Waals surface area contributed by atoms with Gasteiger partial charge >= 0.3 is 12.5 Å². The minimum absolute atomic E-state index is 0.286. The lowest BCUT2D eigenvalue weighted by atomic mass is 10.0. The van der Waals surface area contributed by atoms with Gasteiger partial charge in [-0.05, 0) is 64.0 Å². The second-order valence-corrected chi connectivity index (χ2v) is 5.43. The molecule has 0 aliphatic rings. The molecule has 0 spiro atoms. The van der Waals surface area contributed by atoms with Gasteiger partial charge in [-0.2, -0.15) is 13.2 Å². The van der Waals surface area contributed by atoms with E-state index in [9.17, 15) is 26.3 Å². The first kappa shape index (κ1) is 16.9. The SMILES string of the molecule is FC(F)(F)Oc1ccc(-c2cc(C(F)(F)F)ccc2I)cc1. The molecule has 0 amide bonds. The van der Waals surface area contributed by atoms with Crippen molar-refractivity contribution in [2.45, 2.75) is 12.5 Å². The predicted octanol–water partition coefficient (Wildman–Crippen LogP) is 5.88. The third-order valence-electron chi connectivity index (χ3n) is 2.69. The van der Waals surface area contributed by atoms with Crippen molar-refractivity contribution in [2.24, 2.45) is 0 Å². The Hall–Kier alpha value is -1.45. The highest BCUT2D eigenvalue weighted by Gasteiger charge is 2.32. The monoisotopic (exact) mass is 432 g/mol. The lowest BCUT2D eigenvalue weighted by Crippen LogP contribution is -2.16. The van der Waals surface area contributed by atoms with E-state index in [4.69, 9.17) is 0 Å². The summed E-state index contributed by atoms with van der Waals surface area (Å²) in [7, 11) is 0. The first-order valence-electron chi connectivity index (χ1n) is 5.79. The average Bonchev–Trinajstić information content (AvgIpc) is 2.37. The zero-order valence-corrected chi connectivity index (χ0v) is 12.8. The van der Waals surface area contributed by atoms with Crippen molar-refractivity contribution in [2.75, 3.05) is 0 Å². The molecule has 0 aliphatic carbocycles. The zero-order valence-electron chi connectivity index (χ0n) is 10.6. The minimum atomic E-state index is -4.81. The van der Waals surface area contributed by atoms with Crippen molar-refractivity contribution in [1.29, 1.82) is 0 Å². The Morgan fingerprint density at radius 2 is 1.41 bits per heavy atom. The van der Waals surface area contributed by atoms with Crippen LogP contribution in [0.2, 0.25) is 0 Å². The number of alkyl halides is 6. The maximum atomic E-state index is 12.7. The Kier molecular flexibility index (Phi) is 4.59. The summed E-state index contributed by atoms with van der Waals surface area (Å²) in [5, 5.41) is 0. The van der Waals surface area contributed by atoms with Crippen LogP contribution in [0.5, 0.6) is 5.75 Å². The van der Waals surface area contributed by atoms with Crippen LogP contribution >= 0.6 is 22.6 Å². The number of halogens is 7. The van der Waals surface area contributed by atoms with E-state index in [1.54, 1.807) is 0 Å². The zero-order chi connectivity index (χ0) is 16.5. The van der Waals surface area contributed by atoms with Crippen molar-refractivity contribution < 1.29 is 31.1 Å². The molecule has 2 aromatic rings. The molecule has 0 saturated carbocycles. The molecule has 2 rings (SSSR count). The van der Waals surface area contributed by atoms with Crippen LogP contribution in [0.15, 0.2) is 42.5 Å². The van der Waals surface area contributed by atoms with E-state index in [1.165, 1.54) is 18.2 Å². The largest absolute Gasteiger partial charge is 0.573 e. The molecule has 0 aromatic heterocycles. The van der Waals surface area contributed by atoms with Crippen LogP contribution in [-0.2, 0) is 6.18 Å². The van der Waals surface area contributed by atoms with Crippen LogP contribution in [0.4, 0.5) is 26.3 Å². The molecule has 0 bridgehead atoms. The maximum Gasteiger partial charge on any atom is 0.573 e. The number of rotatable bonds is 2. The van der Waals surface area contributed by atoms with Gasteiger partial charge in [0.15, 0.2) is 0 Å². The van der Waals surface area contributed by atoms with Crippen molar-refractivity contribution in [3.05, 3.63) is 51.6 Å². The van der Waals surface area contributed by atoms with Crippen molar-refractivity contribution in [1.82, 2.24) is 0 Å². The molecule has 1 nitrogen and oxygen atoms in total. The highest BCUT2D eigenvalue weighted by molar-refractivity contribution is 14.1. The van der Waals surface area contributed by atoms with Crippen LogP contribution in [0.3, 0.4) is 0 Å². The summed E-state index contributed by atoms with van der Waals surface area (Å²) in [6.45, 7) is 0. The fourth-order valence-electron chi connectivity index (χ4n) is 1.76. The average molecular weight is 432 g/mol. The van der Waals surface area contributed by atoms with E-state index in [0.29, 0.717) is 9.13 Å². The van der Waals surface area contributed by atoms with Crippen LogP contribution in [0.25, 0.3) is 11.1 Å². The van der Waals surface area contributed by atoms with Gasteiger partial charge in [-0.1, -0.05) is 12.1 Å². The van der Waals surface area contributed by atoms with Crippen LogP contribution < -0.4 is 4.74 Å². The fraction of sp³-hybridized carbons (Fsp3) is 0.143. The van der Waals surface area contributed by atoms with E-state index in [1.807, 2.05) is 22.6 Å². The van der Waals surface area contributed by atoms with E-state index in [0.717, 1.165) is 24.3 Å². The molecule has 118 valence electrons. The molecule has 0 atom stereocenters. The number of benzene rings is 2. The van der Waals surface area contributed by atoms with Crippen LogP contribution in [0, 0.1) is 3.57 Å². The normalized spacial score (nSPS) is 12.3. The van der Waals surface area contributed by atoms with Gasteiger partial charge in [-0.3, -0.25) is 0 Å². The topological polar surface area (TPSA) is 9.23 Å². The van der Waals surface area contributed by atoms with Gasteiger partial charge in [0.25, 0.3) is 0 Å². The van der Waals surface area contributed by atoms with Gasteiger partial charge in [0.2, 0.25) is 0 Å². The quantitative estimate of drug-likeness (QED) is 0.426. The first-order chi connectivity index (χ1) is 10.1. The summed E-state index contributed by atoms with van der Waals surface area (Å²) in [5.74, 6) is -0.432. The Bertz CT molecular complexity index is 661. The Labute approximate surface area is 135 Å². The molecule has 0 N–H and O–H groups in total. The summed E-state index contributed by atoms with van der Waals surface area (Å²) >= 11 is 1.86. The fourth-order valence-corrected chi connectivity index (χ4v) is 2.41. The van der Waals surface area contributed by atoms with Crippen molar-refractivity contribution in [3.63, 3.8) is 0 Å². The standard InChI is InChI=1S/C14H7F6IO/c15-13(16,17)9-3-6-12(21)11(7-9)8-1-4-10(5-2-8)22-14(18,19)20/h1-7H. The third kappa shape index (κ3) is 4.28. The minimum Gasteiger partial charge on any atom is -0.406 e. The Balaban J connectivity index is 2.36. The lowest BCUT2D eigenvalue weighted by Gasteiger charge is -2.12. The summed E-state index contributed by atoms with van der Waals surface area (Å²) in [6, 6.07) is 7.88. The van der Waals surface area contributed by atoms with Gasteiger partial charge in [0.05, 0.1) is 5.56 Å². The lowest BCUT2D eigenvalue weighted by molar-refractivity contribution is -0.274. The van der Waals surface area contributed by atoms with Gasteiger partial charge in [-0.15, -0.1) is 13.2 Å². The smallest absolute Gasteiger partial charge is 0.406 e. The molecule has 22 heavy (non-hydrogen) atoms.